The predicted molar refractivity (Wildman–Crippen MR) is 119 cm³/mol. The van der Waals surface area contributed by atoms with E-state index in [2.05, 4.69) is 34.0 Å². The van der Waals surface area contributed by atoms with Gasteiger partial charge in [-0.2, -0.15) is 0 Å². The largest absolute Gasteiger partial charge is 0.378 e. The Morgan fingerprint density at radius 3 is 2.47 bits per heavy atom. The second-order valence-electron chi connectivity index (χ2n) is 7.60. The summed E-state index contributed by atoms with van der Waals surface area (Å²) in [7, 11) is 0. The average Bonchev–Trinajstić information content (AvgIpc) is 2.80. The normalized spacial score (nSPS) is 14.0. The molecule has 0 saturated carbocycles. The monoisotopic (exact) mass is 402 g/mol. The van der Waals surface area contributed by atoms with Gasteiger partial charge in [-0.15, -0.1) is 0 Å². The van der Waals surface area contributed by atoms with Crippen LogP contribution in [-0.4, -0.2) is 42.2 Å². The second kappa shape index (κ2) is 9.05. The summed E-state index contributed by atoms with van der Waals surface area (Å²) in [5, 5.41) is 3.12. The molecule has 1 N–H and O–H groups in total. The summed E-state index contributed by atoms with van der Waals surface area (Å²) in [6.07, 6.45) is 3.43. The number of benzene rings is 1. The summed E-state index contributed by atoms with van der Waals surface area (Å²) in [6, 6.07) is 15.7. The van der Waals surface area contributed by atoms with Gasteiger partial charge in [-0.25, -0.2) is 4.98 Å². The van der Waals surface area contributed by atoms with Gasteiger partial charge in [0.05, 0.1) is 24.5 Å². The molecule has 1 amide bonds. The molecule has 0 aliphatic carbocycles. The zero-order valence-electron chi connectivity index (χ0n) is 17.3. The van der Waals surface area contributed by atoms with E-state index in [4.69, 9.17) is 4.74 Å². The van der Waals surface area contributed by atoms with Gasteiger partial charge in [0.25, 0.3) is 5.91 Å². The molecule has 0 unspecified atom stereocenters. The van der Waals surface area contributed by atoms with Crippen LogP contribution in [-0.2, 0) is 4.74 Å². The van der Waals surface area contributed by atoms with E-state index in [0.717, 1.165) is 35.7 Å². The number of nitrogens with one attached hydrogen (secondary N) is 1. The van der Waals surface area contributed by atoms with Crippen LogP contribution in [0.2, 0.25) is 0 Å². The predicted octanol–water partition coefficient (Wildman–Crippen LogP) is 4.36. The van der Waals surface area contributed by atoms with E-state index in [-0.39, 0.29) is 5.91 Å². The first-order valence-electron chi connectivity index (χ1n) is 10.3. The fourth-order valence-corrected chi connectivity index (χ4v) is 3.51. The molecule has 0 radical (unpaired) electrons. The van der Waals surface area contributed by atoms with E-state index in [0.29, 0.717) is 30.4 Å². The van der Waals surface area contributed by atoms with Crippen molar-refractivity contribution in [3.63, 3.8) is 0 Å². The molecule has 30 heavy (non-hydrogen) atoms. The van der Waals surface area contributed by atoms with E-state index in [1.165, 1.54) is 0 Å². The molecular weight excluding hydrogens is 376 g/mol. The number of anilines is 2. The summed E-state index contributed by atoms with van der Waals surface area (Å²) in [4.78, 5) is 24.3. The maximum absolute atomic E-state index is 13.1. The molecule has 3 heterocycles. The van der Waals surface area contributed by atoms with Gasteiger partial charge in [0.2, 0.25) is 0 Å². The number of morpholine rings is 1. The third-order valence-corrected chi connectivity index (χ3v) is 5.20. The van der Waals surface area contributed by atoms with Crippen molar-refractivity contribution in [3.05, 3.63) is 72.2 Å². The van der Waals surface area contributed by atoms with Gasteiger partial charge in [-0.1, -0.05) is 44.2 Å². The maximum Gasteiger partial charge on any atom is 0.257 e. The minimum Gasteiger partial charge on any atom is -0.378 e. The number of nitrogens with zero attached hydrogens (tertiary/aromatic N) is 3. The van der Waals surface area contributed by atoms with Crippen LogP contribution >= 0.6 is 0 Å². The maximum atomic E-state index is 13.1. The first-order valence-corrected chi connectivity index (χ1v) is 10.3. The molecule has 3 aromatic rings. The Kier molecular flexibility index (Phi) is 6.05. The molecule has 6 heteroatoms. The van der Waals surface area contributed by atoms with Gasteiger partial charge < -0.3 is 15.0 Å². The number of carbonyl (C=O) groups is 1. The number of hydrogen-bond donors (Lipinski definition) is 1. The number of carbonyl (C=O) groups excluding carboxylic acids is 1. The Balaban J connectivity index is 1.71. The van der Waals surface area contributed by atoms with E-state index in [1.807, 2.05) is 48.5 Å². The summed E-state index contributed by atoms with van der Waals surface area (Å²) < 4.78 is 5.49. The zero-order chi connectivity index (χ0) is 20.9. The summed E-state index contributed by atoms with van der Waals surface area (Å²) in [5.74, 6) is 0.885. The zero-order valence-corrected chi connectivity index (χ0v) is 17.3. The van der Waals surface area contributed by atoms with E-state index >= 15 is 0 Å². The van der Waals surface area contributed by atoms with Crippen LogP contribution in [0.15, 0.2) is 60.9 Å². The van der Waals surface area contributed by atoms with Crippen molar-refractivity contribution >= 4 is 17.4 Å². The van der Waals surface area contributed by atoms with Crippen molar-refractivity contribution in [1.82, 2.24) is 9.97 Å². The SMILES string of the molecule is CC(C)c1ccc(C(=O)Nc2c(-c3ccccc3)ccnc2N2CCOCC2)cn1. The van der Waals surface area contributed by atoms with Crippen LogP contribution in [0, 0.1) is 0 Å². The van der Waals surface area contributed by atoms with Crippen LogP contribution in [0.25, 0.3) is 11.1 Å². The highest BCUT2D eigenvalue weighted by atomic mass is 16.5. The van der Waals surface area contributed by atoms with Crippen molar-refractivity contribution in [2.24, 2.45) is 0 Å². The van der Waals surface area contributed by atoms with Crippen LogP contribution in [0.3, 0.4) is 0 Å². The Morgan fingerprint density at radius 1 is 1.03 bits per heavy atom. The quantitative estimate of drug-likeness (QED) is 0.687. The molecule has 1 aromatic carbocycles. The molecule has 1 aliphatic heterocycles. The standard InChI is InChI=1S/C24H26N4O2/c1-17(2)21-9-8-19(16-26-21)24(29)27-22-20(18-6-4-3-5-7-18)10-11-25-23(22)28-12-14-30-15-13-28/h3-11,16-17H,12-15H2,1-2H3,(H,27,29). The van der Waals surface area contributed by atoms with Gasteiger partial charge >= 0.3 is 0 Å². The van der Waals surface area contributed by atoms with Gasteiger partial charge in [-0.3, -0.25) is 9.78 Å². The lowest BCUT2D eigenvalue weighted by Crippen LogP contribution is -2.37. The lowest BCUT2D eigenvalue weighted by Gasteiger charge is -2.30. The van der Waals surface area contributed by atoms with Gasteiger partial charge in [0.15, 0.2) is 5.82 Å². The number of hydrogen-bond acceptors (Lipinski definition) is 5. The smallest absolute Gasteiger partial charge is 0.257 e. The Bertz CT molecular complexity index is 997. The highest BCUT2D eigenvalue weighted by Crippen LogP contribution is 2.35. The Hall–Kier alpha value is -3.25. The van der Waals surface area contributed by atoms with Gasteiger partial charge in [0.1, 0.15) is 0 Å². The highest BCUT2D eigenvalue weighted by molar-refractivity contribution is 6.08. The third kappa shape index (κ3) is 4.33. The van der Waals surface area contributed by atoms with Crippen LogP contribution in [0.4, 0.5) is 11.5 Å². The lowest BCUT2D eigenvalue weighted by atomic mass is 10.0. The highest BCUT2D eigenvalue weighted by Gasteiger charge is 2.21. The number of pyridine rings is 2. The van der Waals surface area contributed by atoms with Crippen molar-refractivity contribution in [1.29, 1.82) is 0 Å². The Labute approximate surface area is 176 Å². The summed E-state index contributed by atoms with van der Waals surface area (Å²) in [6.45, 7) is 6.92. The second-order valence-corrected chi connectivity index (χ2v) is 7.60. The number of ether oxygens (including phenoxy) is 1. The molecule has 6 nitrogen and oxygen atoms in total. The molecule has 1 aliphatic rings. The topological polar surface area (TPSA) is 67.4 Å². The van der Waals surface area contributed by atoms with Crippen molar-refractivity contribution in [2.75, 3.05) is 36.5 Å². The molecule has 4 rings (SSSR count). The molecule has 0 spiro atoms. The molecule has 0 atom stereocenters. The van der Waals surface area contributed by atoms with Crippen LogP contribution in [0.1, 0.15) is 35.8 Å². The molecular formula is C24H26N4O2. The van der Waals surface area contributed by atoms with Gasteiger partial charge in [0, 0.05) is 36.7 Å². The molecule has 1 saturated heterocycles. The Morgan fingerprint density at radius 2 is 1.80 bits per heavy atom. The minimum absolute atomic E-state index is 0.197. The minimum atomic E-state index is -0.197. The fraction of sp³-hybridized carbons (Fsp3) is 0.292. The third-order valence-electron chi connectivity index (χ3n) is 5.20. The molecule has 1 fully saturated rings. The number of rotatable bonds is 5. The first kappa shape index (κ1) is 20.0. The van der Waals surface area contributed by atoms with E-state index < -0.39 is 0 Å². The van der Waals surface area contributed by atoms with Crippen LogP contribution in [0.5, 0.6) is 0 Å². The molecule has 154 valence electrons. The number of aromatic nitrogens is 2. The van der Waals surface area contributed by atoms with Crippen molar-refractivity contribution in [3.8, 4) is 11.1 Å². The van der Waals surface area contributed by atoms with Crippen LogP contribution < -0.4 is 10.2 Å². The summed E-state index contributed by atoms with van der Waals surface area (Å²) in [5.41, 5.74) is 4.16. The van der Waals surface area contributed by atoms with Gasteiger partial charge in [-0.05, 0) is 29.7 Å². The van der Waals surface area contributed by atoms with E-state index in [9.17, 15) is 4.79 Å². The van der Waals surface area contributed by atoms with Crippen molar-refractivity contribution < 1.29 is 9.53 Å². The average molecular weight is 402 g/mol. The van der Waals surface area contributed by atoms with Crippen molar-refractivity contribution in [2.45, 2.75) is 19.8 Å². The summed E-state index contributed by atoms with van der Waals surface area (Å²) >= 11 is 0. The molecule has 2 aromatic heterocycles. The fourth-order valence-electron chi connectivity index (χ4n) is 3.51. The first-order chi connectivity index (χ1) is 14.6. The molecule has 0 bridgehead atoms. The number of amides is 1. The van der Waals surface area contributed by atoms with E-state index in [1.54, 1.807) is 12.4 Å². The lowest BCUT2D eigenvalue weighted by molar-refractivity contribution is 0.102.